The Labute approximate surface area is 101 Å². The quantitative estimate of drug-likeness (QED) is 0.643. The van der Waals surface area contributed by atoms with Gasteiger partial charge in [-0.1, -0.05) is 26.2 Å². The number of carbonyl (C=O) groups is 2. The first-order valence-corrected chi connectivity index (χ1v) is 6.87. The Morgan fingerprint density at radius 3 is 2.44 bits per heavy atom. The molecule has 0 bridgehead atoms. The highest BCUT2D eigenvalue weighted by molar-refractivity contribution is 7.99. The molecule has 0 radical (unpaired) electrons. The summed E-state index contributed by atoms with van der Waals surface area (Å²) in [5, 5.41) is 11.3. The van der Waals surface area contributed by atoms with Crippen molar-refractivity contribution in [3.63, 3.8) is 0 Å². The van der Waals surface area contributed by atoms with Crippen LogP contribution in [0.15, 0.2) is 0 Å². The Morgan fingerprint density at radius 1 is 1.38 bits per heavy atom. The van der Waals surface area contributed by atoms with Gasteiger partial charge in [0.2, 0.25) is 5.91 Å². The first kappa shape index (κ1) is 15.3. The number of thioether (sulfide) groups is 1. The molecular formula is C11H21NO3S. The molecule has 16 heavy (non-hydrogen) atoms. The van der Waals surface area contributed by atoms with Crippen LogP contribution in [0.3, 0.4) is 0 Å². The first-order valence-electron chi connectivity index (χ1n) is 5.58. The molecule has 0 aliphatic rings. The van der Waals surface area contributed by atoms with E-state index in [-0.39, 0.29) is 11.2 Å². The van der Waals surface area contributed by atoms with Crippen LogP contribution in [0.25, 0.3) is 0 Å². The second-order valence-corrected chi connectivity index (χ2v) is 4.95. The summed E-state index contributed by atoms with van der Waals surface area (Å²) < 4.78 is 0. The van der Waals surface area contributed by atoms with E-state index in [0.717, 1.165) is 19.3 Å². The Kier molecular flexibility index (Phi) is 8.07. The smallest absolute Gasteiger partial charge is 0.326 e. The van der Waals surface area contributed by atoms with Crippen LogP contribution in [0.5, 0.6) is 0 Å². The van der Waals surface area contributed by atoms with Crippen molar-refractivity contribution in [2.75, 3.05) is 6.26 Å². The lowest BCUT2D eigenvalue weighted by Crippen LogP contribution is -2.43. The van der Waals surface area contributed by atoms with Gasteiger partial charge in [0.15, 0.2) is 0 Å². The molecule has 94 valence electrons. The molecule has 0 saturated carbocycles. The van der Waals surface area contributed by atoms with E-state index in [9.17, 15) is 9.59 Å². The number of aliphatic carboxylic acids is 1. The molecule has 2 atom stereocenters. The van der Waals surface area contributed by atoms with Gasteiger partial charge >= 0.3 is 5.97 Å². The zero-order chi connectivity index (χ0) is 12.6. The Balaban J connectivity index is 4.12. The van der Waals surface area contributed by atoms with Crippen molar-refractivity contribution in [2.24, 2.45) is 0 Å². The van der Waals surface area contributed by atoms with Gasteiger partial charge in [-0.15, -0.1) is 0 Å². The molecule has 0 spiro atoms. The molecule has 2 unspecified atom stereocenters. The van der Waals surface area contributed by atoms with Gasteiger partial charge in [-0.05, 0) is 19.6 Å². The van der Waals surface area contributed by atoms with Crippen molar-refractivity contribution in [3.8, 4) is 0 Å². The number of hydrogen-bond donors (Lipinski definition) is 2. The molecule has 0 aliphatic heterocycles. The van der Waals surface area contributed by atoms with Crippen molar-refractivity contribution in [1.82, 2.24) is 5.32 Å². The van der Waals surface area contributed by atoms with Crippen LogP contribution in [-0.2, 0) is 9.59 Å². The van der Waals surface area contributed by atoms with Crippen molar-refractivity contribution in [3.05, 3.63) is 0 Å². The zero-order valence-electron chi connectivity index (χ0n) is 10.2. The van der Waals surface area contributed by atoms with Crippen LogP contribution in [-0.4, -0.2) is 34.5 Å². The third-order valence-electron chi connectivity index (χ3n) is 2.43. The number of nitrogens with one attached hydrogen (secondary N) is 1. The third-order valence-corrected chi connectivity index (χ3v) is 3.35. The maximum absolute atomic E-state index is 11.5. The van der Waals surface area contributed by atoms with E-state index in [0.29, 0.717) is 6.42 Å². The molecule has 0 saturated heterocycles. The predicted octanol–water partition coefficient (Wildman–Crippen LogP) is 1.89. The zero-order valence-corrected chi connectivity index (χ0v) is 11.0. The fraction of sp³-hybridized carbons (Fsp3) is 0.818. The van der Waals surface area contributed by atoms with E-state index in [1.54, 1.807) is 6.92 Å². The van der Waals surface area contributed by atoms with Crippen molar-refractivity contribution in [2.45, 2.75) is 50.8 Å². The first-order chi connectivity index (χ1) is 7.52. The lowest BCUT2D eigenvalue weighted by Gasteiger charge is -2.16. The number of hydrogen-bond acceptors (Lipinski definition) is 3. The second kappa shape index (κ2) is 8.44. The number of carboxylic acids is 1. The fourth-order valence-corrected chi connectivity index (χ4v) is 1.53. The highest BCUT2D eigenvalue weighted by atomic mass is 32.2. The van der Waals surface area contributed by atoms with Crippen LogP contribution in [0.4, 0.5) is 0 Å². The monoisotopic (exact) mass is 247 g/mol. The molecule has 0 aromatic rings. The Morgan fingerprint density at radius 2 is 2.00 bits per heavy atom. The lowest BCUT2D eigenvalue weighted by molar-refractivity contribution is -0.141. The predicted molar refractivity (Wildman–Crippen MR) is 66.7 cm³/mol. The fourth-order valence-electron chi connectivity index (χ4n) is 1.25. The van der Waals surface area contributed by atoms with Crippen LogP contribution in [0, 0.1) is 0 Å². The minimum Gasteiger partial charge on any atom is -0.480 e. The molecule has 0 aliphatic carbocycles. The summed E-state index contributed by atoms with van der Waals surface area (Å²) >= 11 is 1.41. The molecule has 0 aromatic carbocycles. The Hall–Kier alpha value is -0.710. The summed E-state index contributed by atoms with van der Waals surface area (Å²) in [6, 6.07) is -0.742. The van der Waals surface area contributed by atoms with Gasteiger partial charge in [-0.2, -0.15) is 11.8 Å². The van der Waals surface area contributed by atoms with Gasteiger partial charge in [0.05, 0.1) is 5.25 Å². The Bertz CT molecular complexity index is 233. The number of unbranched alkanes of at least 4 members (excludes halogenated alkanes) is 2. The van der Waals surface area contributed by atoms with Crippen LogP contribution in [0.1, 0.15) is 39.5 Å². The average Bonchev–Trinajstić information content (AvgIpc) is 2.26. The topological polar surface area (TPSA) is 66.4 Å². The van der Waals surface area contributed by atoms with Gasteiger partial charge in [-0.3, -0.25) is 4.79 Å². The van der Waals surface area contributed by atoms with Crippen LogP contribution in [0.2, 0.25) is 0 Å². The summed E-state index contributed by atoms with van der Waals surface area (Å²) in [4.78, 5) is 22.4. The average molecular weight is 247 g/mol. The minimum atomic E-state index is -0.947. The van der Waals surface area contributed by atoms with E-state index < -0.39 is 12.0 Å². The van der Waals surface area contributed by atoms with E-state index in [1.807, 2.05) is 6.26 Å². The number of rotatable bonds is 8. The molecule has 0 rings (SSSR count). The van der Waals surface area contributed by atoms with E-state index in [4.69, 9.17) is 5.11 Å². The number of amides is 1. The summed E-state index contributed by atoms with van der Waals surface area (Å²) in [5.74, 6) is -1.14. The molecule has 4 nitrogen and oxygen atoms in total. The number of carboxylic acid groups (broad SMARTS) is 1. The largest absolute Gasteiger partial charge is 0.480 e. The van der Waals surface area contributed by atoms with Gasteiger partial charge < -0.3 is 10.4 Å². The van der Waals surface area contributed by atoms with Gasteiger partial charge in [0.25, 0.3) is 0 Å². The van der Waals surface area contributed by atoms with Gasteiger partial charge in [0.1, 0.15) is 6.04 Å². The van der Waals surface area contributed by atoms with E-state index >= 15 is 0 Å². The normalized spacial score (nSPS) is 14.2. The van der Waals surface area contributed by atoms with Crippen LogP contribution < -0.4 is 5.32 Å². The highest BCUT2D eigenvalue weighted by Crippen LogP contribution is 2.08. The van der Waals surface area contributed by atoms with Crippen LogP contribution >= 0.6 is 11.8 Å². The molecule has 0 heterocycles. The van der Waals surface area contributed by atoms with E-state index in [1.165, 1.54) is 11.8 Å². The standard InChI is InChI=1S/C11H21NO3S/c1-4-5-6-7-9(11(14)15)12-10(13)8(2)16-3/h8-9H,4-7H2,1-3H3,(H,12,13)(H,14,15). The lowest BCUT2D eigenvalue weighted by atomic mass is 10.1. The minimum absolute atomic E-state index is 0.198. The summed E-state index contributed by atoms with van der Waals surface area (Å²) in [5.41, 5.74) is 0. The maximum atomic E-state index is 11.5. The summed E-state index contributed by atoms with van der Waals surface area (Å²) in [6.07, 6.45) is 5.22. The molecule has 1 amide bonds. The van der Waals surface area contributed by atoms with Gasteiger partial charge in [0, 0.05) is 0 Å². The summed E-state index contributed by atoms with van der Waals surface area (Å²) in [7, 11) is 0. The molecule has 0 fully saturated rings. The van der Waals surface area contributed by atoms with E-state index in [2.05, 4.69) is 12.2 Å². The number of carbonyl (C=O) groups excluding carboxylic acids is 1. The molecular weight excluding hydrogens is 226 g/mol. The highest BCUT2D eigenvalue weighted by Gasteiger charge is 2.21. The second-order valence-electron chi connectivity index (χ2n) is 3.77. The molecule has 2 N–H and O–H groups in total. The van der Waals surface area contributed by atoms with Crippen molar-refractivity contribution in [1.29, 1.82) is 0 Å². The summed E-state index contributed by atoms with van der Waals surface area (Å²) in [6.45, 7) is 3.83. The van der Waals surface area contributed by atoms with Crippen molar-refractivity contribution < 1.29 is 14.7 Å². The van der Waals surface area contributed by atoms with Crippen molar-refractivity contribution >= 4 is 23.6 Å². The molecule has 5 heteroatoms. The third kappa shape index (κ3) is 6.00. The van der Waals surface area contributed by atoms with Gasteiger partial charge in [-0.25, -0.2) is 4.79 Å². The maximum Gasteiger partial charge on any atom is 0.326 e. The molecule has 0 aromatic heterocycles. The SMILES string of the molecule is CCCCCC(NC(=O)C(C)SC)C(=O)O.